The molecule has 2 aromatic carbocycles. The Bertz CT molecular complexity index is 624. The van der Waals surface area contributed by atoms with Gasteiger partial charge in [-0.05, 0) is 42.3 Å². The summed E-state index contributed by atoms with van der Waals surface area (Å²) in [5, 5.41) is 2.87. The summed E-state index contributed by atoms with van der Waals surface area (Å²) in [5.41, 5.74) is 8.98. The minimum atomic E-state index is -0.0977. The minimum Gasteiger partial charge on any atom is -0.495 e. The predicted molar refractivity (Wildman–Crippen MR) is 80.9 cm³/mol. The number of nitrogen functional groups attached to an aromatic ring is 1. The molecule has 1 amide bonds. The van der Waals surface area contributed by atoms with Gasteiger partial charge < -0.3 is 15.8 Å². The Morgan fingerprint density at radius 2 is 2.05 bits per heavy atom. The highest BCUT2D eigenvalue weighted by molar-refractivity contribution is 5.93. The molecule has 0 aliphatic rings. The number of carbonyl (C=O) groups excluding carboxylic acids is 1. The van der Waals surface area contributed by atoms with E-state index >= 15 is 0 Å². The van der Waals surface area contributed by atoms with Crippen molar-refractivity contribution in [2.75, 3.05) is 18.2 Å². The highest BCUT2D eigenvalue weighted by Crippen LogP contribution is 2.25. The van der Waals surface area contributed by atoms with Gasteiger partial charge in [0.2, 0.25) is 5.91 Å². The van der Waals surface area contributed by atoms with E-state index in [1.165, 1.54) is 0 Å². The summed E-state index contributed by atoms with van der Waals surface area (Å²) in [6.07, 6.45) is 0.280. The quantitative estimate of drug-likeness (QED) is 0.840. The van der Waals surface area contributed by atoms with Gasteiger partial charge in [0, 0.05) is 5.69 Å². The van der Waals surface area contributed by atoms with Crippen LogP contribution < -0.4 is 15.8 Å². The number of anilines is 2. The van der Waals surface area contributed by atoms with Crippen molar-refractivity contribution < 1.29 is 9.53 Å². The number of nitrogens with one attached hydrogen (secondary N) is 1. The van der Waals surface area contributed by atoms with Crippen LogP contribution in [0.1, 0.15) is 11.1 Å². The summed E-state index contributed by atoms with van der Waals surface area (Å²) < 4.78 is 5.24. The third kappa shape index (κ3) is 3.51. The van der Waals surface area contributed by atoms with Crippen molar-refractivity contribution in [2.24, 2.45) is 0 Å². The fourth-order valence-corrected chi connectivity index (χ4v) is 2.00. The van der Waals surface area contributed by atoms with Crippen LogP contribution >= 0.6 is 0 Å². The summed E-state index contributed by atoms with van der Waals surface area (Å²) in [6, 6.07) is 13.0. The number of amides is 1. The standard InChI is InChI=1S/C16H18N2O2/c1-11-6-7-15(20-2)14(8-11)18-16(19)10-12-4-3-5-13(17)9-12/h3-9H,10,17H2,1-2H3,(H,18,19). The lowest BCUT2D eigenvalue weighted by Gasteiger charge is -2.11. The van der Waals surface area contributed by atoms with Gasteiger partial charge in [-0.25, -0.2) is 0 Å². The van der Waals surface area contributed by atoms with Crippen LogP contribution in [0, 0.1) is 6.92 Å². The first-order chi connectivity index (χ1) is 9.58. The summed E-state index contributed by atoms with van der Waals surface area (Å²) in [6.45, 7) is 1.97. The van der Waals surface area contributed by atoms with Crippen molar-refractivity contribution >= 4 is 17.3 Å². The van der Waals surface area contributed by atoms with Gasteiger partial charge in [-0.1, -0.05) is 18.2 Å². The second-order valence-corrected chi connectivity index (χ2v) is 4.67. The molecule has 0 fully saturated rings. The average Bonchev–Trinajstić information content (AvgIpc) is 2.38. The van der Waals surface area contributed by atoms with Crippen molar-refractivity contribution in [1.29, 1.82) is 0 Å². The second kappa shape index (κ2) is 6.10. The zero-order valence-electron chi connectivity index (χ0n) is 11.6. The third-order valence-corrected chi connectivity index (χ3v) is 2.94. The monoisotopic (exact) mass is 270 g/mol. The van der Waals surface area contributed by atoms with Crippen LogP contribution in [0.5, 0.6) is 5.75 Å². The van der Waals surface area contributed by atoms with Crippen molar-refractivity contribution in [3.05, 3.63) is 53.6 Å². The number of hydrogen-bond acceptors (Lipinski definition) is 3. The van der Waals surface area contributed by atoms with Gasteiger partial charge in [0.15, 0.2) is 0 Å². The number of aryl methyl sites for hydroxylation is 1. The Hall–Kier alpha value is -2.49. The molecule has 0 unspecified atom stereocenters. The van der Waals surface area contributed by atoms with E-state index in [1.54, 1.807) is 19.2 Å². The number of carbonyl (C=O) groups is 1. The van der Waals surface area contributed by atoms with E-state index in [4.69, 9.17) is 10.5 Å². The van der Waals surface area contributed by atoms with Gasteiger partial charge in [0.25, 0.3) is 0 Å². The Balaban J connectivity index is 2.10. The molecule has 4 heteroatoms. The molecule has 2 rings (SSSR count). The fraction of sp³-hybridized carbons (Fsp3) is 0.188. The maximum Gasteiger partial charge on any atom is 0.228 e. The Labute approximate surface area is 118 Å². The maximum atomic E-state index is 12.1. The van der Waals surface area contributed by atoms with Crippen LogP contribution in [0.15, 0.2) is 42.5 Å². The van der Waals surface area contributed by atoms with Gasteiger partial charge in [-0.15, -0.1) is 0 Å². The van der Waals surface area contributed by atoms with Gasteiger partial charge in [-0.2, -0.15) is 0 Å². The van der Waals surface area contributed by atoms with Gasteiger partial charge in [0.05, 0.1) is 19.2 Å². The van der Waals surface area contributed by atoms with E-state index in [9.17, 15) is 4.79 Å². The van der Waals surface area contributed by atoms with Crippen molar-refractivity contribution in [3.63, 3.8) is 0 Å². The van der Waals surface area contributed by atoms with E-state index in [-0.39, 0.29) is 12.3 Å². The second-order valence-electron chi connectivity index (χ2n) is 4.67. The lowest BCUT2D eigenvalue weighted by Crippen LogP contribution is -2.15. The molecule has 0 saturated carbocycles. The number of ether oxygens (including phenoxy) is 1. The zero-order chi connectivity index (χ0) is 14.5. The predicted octanol–water partition coefficient (Wildman–Crippen LogP) is 2.77. The molecule has 0 radical (unpaired) electrons. The topological polar surface area (TPSA) is 64.3 Å². The first-order valence-electron chi connectivity index (χ1n) is 6.37. The Kier molecular flexibility index (Phi) is 4.25. The van der Waals surface area contributed by atoms with E-state index < -0.39 is 0 Å². The normalized spacial score (nSPS) is 10.1. The van der Waals surface area contributed by atoms with Crippen LogP contribution in [-0.2, 0) is 11.2 Å². The van der Waals surface area contributed by atoms with E-state index in [0.717, 1.165) is 11.1 Å². The minimum absolute atomic E-state index is 0.0977. The summed E-state index contributed by atoms with van der Waals surface area (Å²) in [4.78, 5) is 12.1. The highest BCUT2D eigenvalue weighted by Gasteiger charge is 2.08. The van der Waals surface area contributed by atoms with E-state index in [0.29, 0.717) is 17.1 Å². The molecule has 0 aromatic heterocycles. The summed E-state index contributed by atoms with van der Waals surface area (Å²) in [5.74, 6) is 0.552. The summed E-state index contributed by atoms with van der Waals surface area (Å²) >= 11 is 0. The van der Waals surface area contributed by atoms with E-state index in [1.807, 2.05) is 37.3 Å². The van der Waals surface area contributed by atoms with Gasteiger partial charge >= 0.3 is 0 Å². The molecule has 0 spiro atoms. The van der Waals surface area contributed by atoms with Gasteiger partial charge in [-0.3, -0.25) is 4.79 Å². The molecule has 0 atom stereocenters. The molecule has 3 N–H and O–H groups in total. The maximum absolute atomic E-state index is 12.1. The molecule has 0 bridgehead atoms. The largest absolute Gasteiger partial charge is 0.495 e. The SMILES string of the molecule is COc1ccc(C)cc1NC(=O)Cc1cccc(N)c1. The van der Waals surface area contributed by atoms with Crippen molar-refractivity contribution in [3.8, 4) is 5.75 Å². The smallest absolute Gasteiger partial charge is 0.228 e. The van der Waals surface area contributed by atoms with Crippen LogP contribution in [0.3, 0.4) is 0 Å². The lowest BCUT2D eigenvalue weighted by atomic mass is 10.1. The molecular formula is C16H18N2O2. The molecule has 20 heavy (non-hydrogen) atoms. The first kappa shape index (κ1) is 13.9. The summed E-state index contributed by atoms with van der Waals surface area (Å²) in [7, 11) is 1.58. The van der Waals surface area contributed by atoms with Crippen LogP contribution in [0.4, 0.5) is 11.4 Å². The highest BCUT2D eigenvalue weighted by atomic mass is 16.5. The first-order valence-corrected chi connectivity index (χ1v) is 6.37. The molecule has 104 valence electrons. The Morgan fingerprint density at radius 3 is 2.75 bits per heavy atom. The van der Waals surface area contributed by atoms with Crippen molar-refractivity contribution in [1.82, 2.24) is 0 Å². The molecule has 2 aromatic rings. The number of benzene rings is 2. The lowest BCUT2D eigenvalue weighted by molar-refractivity contribution is -0.115. The van der Waals surface area contributed by atoms with Crippen LogP contribution in [-0.4, -0.2) is 13.0 Å². The van der Waals surface area contributed by atoms with E-state index in [2.05, 4.69) is 5.32 Å². The molecule has 0 saturated heterocycles. The zero-order valence-corrected chi connectivity index (χ0v) is 11.6. The third-order valence-electron chi connectivity index (χ3n) is 2.94. The molecule has 0 heterocycles. The van der Waals surface area contributed by atoms with Crippen LogP contribution in [0.2, 0.25) is 0 Å². The molecule has 0 aliphatic heterocycles. The van der Waals surface area contributed by atoms with Gasteiger partial charge in [0.1, 0.15) is 5.75 Å². The molecule has 4 nitrogen and oxygen atoms in total. The molecule has 0 aliphatic carbocycles. The average molecular weight is 270 g/mol. The number of nitrogens with two attached hydrogens (primary N) is 1. The number of rotatable bonds is 4. The van der Waals surface area contributed by atoms with Crippen molar-refractivity contribution in [2.45, 2.75) is 13.3 Å². The molecular weight excluding hydrogens is 252 g/mol. The van der Waals surface area contributed by atoms with Crippen LogP contribution in [0.25, 0.3) is 0 Å². The number of hydrogen-bond donors (Lipinski definition) is 2. The Morgan fingerprint density at radius 1 is 1.25 bits per heavy atom. The number of methoxy groups -OCH3 is 1. The fourth-order valence-electron chi connectivity index (χ4n) is 2.00.